The van der Waals surface area contributed by atoms with Gasteiger partial charge in [0.05, 0.1) is 19.8 Å². The molecule has 1 aliphatic heterocycles. The molecule has 1 rings (SSSR count). The number of aliphatic hydroxyl groups excluding tert-OH is 1. The number of hydrogen-bond donors (Lipinski definition) is 5. The summed E-state index contributed by atoms with van der Waals surface area (Å²) >= 11 is 0. The van der Waals surface area contributed by atoms with Crippen LogP contribution in [0.5, 0.6) is 0 Å². The number of ether oxygens (including phenoxy) is 1. The number of aliphatic hydroxyl groups is 1. The molecule has 0 unspecified atom stereocenters. The lowest BCUT2D eigenvalue weighted by molar-refractivity contribution is -0.157. The first-order valence-corrected chi connectivity index (χ1v) is 31.1. The second-order valence-corrected chi connectivity index (χ2v) is 26.4. The van der Waals surface area contributed by atoms with E-state index in [1.54, 1.807) is 41.5 Å². The Bertz CT molecular complexity index is 2450. The van der Waals surface area contributed by atoms with E-state index >= 15 is 9.59 Å². The van der Waals surface area contributed by atoms with Gasteiger partial charge in [-0.2, -0.15) is 0 Å². The minimum Gasteiger partial charge on any atom is -0.466 e. The molecule has 1 aliphatic rings. The zero-order chi connectivity index (χ0) is 68.3. The van der Waals surface area contributed by atoms with Gasteiger partial charge in [-0.25, -0.2) is 4.79 Å². The van der Waals surface area contributed by atoms with Crippen LogP contribution >= 0.6 is 0 Å². The van der Waals surface area contributed by atoms with E-state index < -0.39 is 162 Å². The van der Waals surface area contributed by atoms with Gasteiger partial charge in [-0.1, -0.05) is 103 Å². The fraction of sp³-hybridized carbons (Fsp3) is 0.778. The van der Waals surface area contributed by atoms with E-state index in [-0.39, 0.29) is 62.2 Å². The molecule has 1 fully saturated rings. The molecule has 25 heteroatoms. The molecule has 0 aliphatic carbocycles. The first kappa shape index (κ1) is 79.4. The summed E-state index contributed by atoms with van der Waals surface area (Å²) in [5, 5.41) is 23.1. The van der Waals surface area contributed by atoms with Gasteiger partial charge in [0.1, 0.15) is 60.4 Å². The number of nitrogens with zero attached hydrogens (tertiary/aromatic N) is 7. The number of carbonyl (C=O) groups is 12. The molecule has 0 aromatic rings. The molecule has 1 saturated heterocycles. The summed E-state index contributed by atoms with van der Waals surface area (Å²) in [6, 6.07) is -12.8. The largest absolute Gasteiger partial charge is 0.466 e. The number of likely N-dealkylation sites (N-methyl/N-ethyl adjacent to an activating group) is 7. The standard InChI is InChI=1S/C63H111N11O14/c1-25-43-59(83)68(17)33-48(75)69(18)44(29-34(2)3)56(80)67-50(38(10)11)62(86)70(19)45(30-35(4)5)55(79)64-41(15)54(78)65-42(16)58(82)71(20)46(31-36(6)7)60(84)72(21)47(32-37(8)9)61(85)73(22)51(39(12)13)63(87)74(23)52(57(81)66-43)53(77)40(14)27-26-28-49(76)88-24/h26,28,34-47,50-53,77H,25,27,29-33H2,1-24H3,(H,64,79)(H,65,78)(H,66,81)(H,67,80)/b28-26+/t40-,41-,42+,43-,44+,45-,46+,47+,50+,51-,52+,53-/m1/s1. The average molecular weight is 1250 g/mol. The van der Waals surface area contributed by atoms with Crippen LogP contribution in [0.2, 0.25) is 0 Å². The van der Waals surface area contributed by atoms with Crippen LogP contribution in [0.3, 0.4) is 0 Å². The van der Waals surface area contributed by atoms with Crippen LogP contribution in [0.4, 0.5) is 0 Å². The summed E-state index contributed by atoms with van der Waals surface area (Å²) in [5.41, 5.74) is 0. The highest BCUT2D eigenvalue weighted by Gasteiger charge is 2.46. The number of carbonyl (C=O) groups excluding carboxylic acids is 12. The van der Waals surface area contributed by atoms with Crippen molar-refractivity contribution in [2.75, 3.05) is 63.0 Å². The zero-order valence-electron chi connectivity index (χ0n) is 57.4. The van der Waals surface area contributed by atoms with Gasteiger partial charge >= 0.3 is 5.97 Å². The summed E-state index contributed by atoms with van der Waals surface area (Å²) in [4.78, 5) is 181. The van der Waals surface area contributed by atoms with E-state index in [0.717, 1.165) is 15.9 Å². The summed E-state index contributed by atoms with van der Waals surface area (Å²) < 4.78 is 4.72. The predicted molar refractivity (Wildman–Crippen MR) is 335 cm³/mol. The molecule has 25 nitrogen and oxygen atoms in total. The summed E-state index contributed by atoms with van der Waals surface area (Å²) in [7, 11) is 10.9. The number of nitrogens with one attached hydrogen (secondary N) is 4. The fourth-order valence-electron chi connectivity index (χ4n) is 10.8. The van der Waals surface area contributed by atoms with Gasteiger partial charge in [0.15, 0.2) is 0 Å². The molecule has 502 valence electrons. The van der Waals surface area contributed by atoms with Crippen molar-refractivity contribution in [1.82, 2.24) is 55.6 Å². The fourth-order valence-corrected chi connectivity index (χ4v) is 10.8. The monoisotopic (exact) mass is 1250 g/mol. The van der Waals surface area contributed by atoms with E-state index in [9.17, 15) is 53.1 Å². The van der Waals surface area contributed by atoms with Gasteiger partial charge in [-0.3, -0.25) is 52.7 Å². The first-order valence-electron chi connectivity index (χ1n) is 31.1. The molecular weight excluding hydrogens is 1130 g/mol. The molecule has 11 amide bonds. The van der Waals surface area contributed by atoms with Crippen molar-refractivity contribution < 1.29 is 67.4 Å². The highest BCUT2D eigenvalue weighted by atomic mass is 16.5. The highest BCUT2D eigenvalue weighted by Crippen LogP contribution is 2.26. The first-order chi connectivity index (χ1) is 40.6. The molecule has 0 radical (unpaired) electrons. The van der Waals surface area contributed by atoms with E-state index in [0.29, 0.717) is 0 Å². The number of allylic oxidation sites excluding steroid dienone is 1. The van der Waals surface area contributed by atoms with Gasteiger partial charge in [0.25, 0.3) is 0 Å². The molecule has 88 heavy (non-hydrogen) atoms. The van der Waals surface area contributed by atoms with Crippen LogP contribution in [0.1, 0.15) is 149 Å². The highest BCUT2D eigenvalue weighted by molar-refractivity contribution is 5.99. The lowest BCUT2D eigenvalue weighted by Crippen LogP contribution is -2.63. The molecular formula is C63H111N11O14. The predicted octanol–water partition coefficient (Wildman–Crippen LogP) is 2.42. The topological polar surface area (TPSA) is 305 Å². The molecule has 0 aromatic carbocycles. The van der Waals surface area contributed by atoms with Gasteiger partial charge < -0.3 is 65.4 Å². The Morgan fingerprint density at radius 1 is 0.500 bits per heavy atom. The van der Waals surface area contributed by atoms with Gasteiger partial charge in [0, 0.05) is 55.4 Å². The van der Waals surface area contributed by atoms with Crippen molar-refractivity contribution in [2.24, 2.45) is 41.4 Å². The maximum Gasteiger partial charge on any atom is 0.330 e. The van der Waals surface area contributed by atoms with Gasteiger partial charge in [-0.15, -0.1) is 0 Å². The Morgan fingerprint density at radius 3 is 1.38 bits per heavy atom. The summed E-state index contributed by atoms with van der Waals surface area (Å²) in [5.74, 6) is -11.2. The minimum absolute atomic E-state index is 0.0176. The molecule has 0 aromatic heterocycles. The molecule has 5 N–H and O–H groups in total. The number of hydrogen-bond acceptors (Lipinski definition) is 14. The third-order valence-electron chi connectivity index (χ3n) is 16.3. The lowest BCUT2D eigenvalue weighted by Gasteiger charge is -2.41. The van der Waals surface area contributed by atoms with Crippen molar-refractivity contribution in [2.45, 2.75) is 216 Å². The Labute approximate surface area is 524 Å². The SMILES string of the molecule is CC[C@H]1NC(=O)[C@H]([C@H](O)[C@H](C)C/C=C/C(=O)OC)N(C)C(=O)[C@@H](C(C)C)N(C)C(=O)[C@H](CC(C)C)N(C)C(=O)[C@H](CC(C)C)N(C)C(=O)[C@H](C)NC(=O)[C@@H](C)NC(=O)[C@@H](CC(C)C)N(C)C(=O)[C@H](C(C)C)NC(=O)[C@H](CC(C)C)N(C)C(=O)CN(C)C1=O. The van der Waals surface area contributed by atoms with Crippen LogP contribution in [-0.4, -0.2) is 240 Å². The Kier molecular flexibility index (Phi) is 32.6. The Hall–Kier alpha value is -6.66. The van der Waals surface area contributed by atoms with Crippen molar-refractivity contribution in [3.8, 4) is 0 Å². The van der Waals surface area contributed by atoms with E-state index in [4.69, 9.17) is 4.74 Å². The van der Waals surface area contributed by atoms with Gasteiger partial charge in [-0.05, 0) is 93.8 Å². The van der Waals surface area contributed by atoms with Crippen LogP contribution < -0.4 is 21.3 Å². The summed E-state index contributed by atoms with van der Waals surface area (Å²) in [6.07, 6.45) is 1.43. The number of esters is 1. The van der Waals surface area contributed by atoms with Crippen LogP contribution in [-0.2, 0) is 62.3 Å². The normalized spacial score (nSPS) is 26.3. The maximum atomic E-state index is 15.2. The number of rotatable bonds is 16. The van der Waals surface area contributed by atoms with Gasteiger partial charge in [0.2, 0.25) is 65.0 Å². The van der Waals surface area contributed by atoms with Crippen molar-refractivity contribution in [3.05, 3.63) is 12.2 Å². The van der Waals surface area contributed by atoms with Crippen molar-refractivity contribution in [3.63, 3.8) is 0 Å². The number of methoxy groups -OCH3 is 1. The molecule has 0 spiro atoms. The lowest BCUT2D eigenvalue weighted by atomic mass is 9.91. The van der Waals surface area contributed by atoms with E-state index in [1.165, 1.54) is 101 Å². The molecule has 1 heterocycles. The minimum atomic E-state index is -1.73. The molecule has 0 saturated carbocycles. The van der Waals surface area contributed by atoms with E-state index in [2.05, 4.69) is 21.3 Å². The third-order valence-corrected chi connectivity index (χ3v) is 16.3. The smallest absolute Gasteiger partial charge is 0.330 e. The van der Waals surface area contributed by atoms with Crippen molar-refractivity contribution >= 4 is 70.9 Å². The Morgan fingerprint density at radius 2 is 0.920 bits per heavy atom. The van der Waals surface area contributed by atoms with Crippen LogP contribution in [0.15, 0.2) is 12.2 Å². The molecule has 12 atom stereocenters. The molecule has 0 bridgehead atoms. The third kappa shape index (κ3) is 22.4. The second kappa shape index (κ2) is 36.1. The maximum absolute atomic E-state index is 15.2. The number of amides is 11. The van der Waals surface area contributed by atoms with Crippen LogP contribution in [0.25, 0.3) is 0 Å². The quantitative estimate of drug-likeness (QED) is 0.110. The van der Waals surface area contributed by atoms with E-state index in [1.807, 2.05) is 55.4 Å². The average Bonchev–Trinajstić information content (AvgIpc) is 2.89. The Balaban J connectivity index is 4.36. The summed E-state index contributed by atoms with van der Waals surface area (Å²) in [6.45, 7) is 27.1. The zero-order valence-corrected chi connectivity index (χ0v) is 57.4. The van der Waals surface area contributed by atoms with Crippen LogP contribution in [0, 0.1) is 41.4 Å². The second-order valence-electron chi connectivity index (χ2n) is 26.4. The van der Waals surface area contributed by atoms with Crippen molar-refractivity contribution in [1.29, 1.82) is 0 Å².